The number of hydrogen-bond acceptors (Lipinski definition) is 7. The van der Waals surface area contributed by atoms with Crippen LogP contribution in [0, 0.1) is 5.82 Å². The van der Waals surface area contributed by atoms with Crippen LogP contribution in [0.25, 0.3) is 0 Å². The van der Waals surface area contributed by atoms with Crippen molar-refractivity contribution in [3.63, 3.8) is 0 Å². The summed E-state index contributed by atoms with van der Waals surface area (Å²) in [6, 6.07) is 7.73. The van der Waals surface area contributed by atoms with Gasteiger partial charge >= 0.3 is 0 Å². The summed E-state index contributed by atoms with van der Waals surface area (Å²) in [4.78, 5) is 4.26. The van der Waals surface area contributed by atoms with Crippen molar-refractivity contribution in [2.45, 2.75) is 5.75 Å². The van der Waals surface area contributed by atoms with Crippen molar-refractivity contribution in [3.8, 4) is 0 Å². The van der Waals surface area contributed by atoms with E-state index in [-0.39, 0.29) is 5.75 Å². The highest BCUT2D eigenvalue weighted by molar-refractivity contribution is 7.88. The second-order valence-electron chi connectivity index (χ2n) is 7.14. The average Bonchev–Trinajstić information content (AvgIpc) is 2.74. The lowest BCUT2D eigenvalue weighted by molar-refractivity contribution is 0.122. The second kappa shape index (κ2) is 8.60. The Labute approximate surface area is 169 Å². The zero-order valence-electron chi connectivity index (χ0n) is 16.1. The van der Waals surface area contributed by atoms with Crippen LogP contribution in [-0.2, 0) is 20.5 Å². The normalized spacial score (nSPS) is 18.8. The van der Waals surface area contributed by atoms with E-state index in [0.717, 1.165) is 24.6 Å². The largest absolute Gasteiger partial charge is 0.378 e. The molecule has 2 aromatic rings. The summed E-state index contributed by atoms with van der Waals surface area (Å²) in [7, 11) is -3.49. The number of nitrogens with zero attached hydrogens (tertiary/aromatic N) is 5. The molecule has 0 saturated carbocycles. The van der Waals surface area contributed by atoms with Crippen molar-refractivity contribution in [1.29, 1.82) is 0 Å². The van der Waals surface area contributed by atoms with Gasteiger partial charge in [-0.2, -0.15) is 9.40 Å². The summed E-state index contributed by atoms with van der Waals surface area (Å²) in [6.45, 7) is 4.81. The number of sulfonamides is 1. The second-order valence-corrected chi connectivity index (χ2v) is 9.11. The van der Waals surface area contributed by atoms with Crippen molar-refractivity contribution >= 4 is 21.5 Å². The molecule has 29 heavy (non-hydrogen) atoms. The number of ether oxygens (including phenoxy) is 1. The predicted octanol–water partition coefficient (Wildman–Crippen LogP) is 1.10. The third-order valence-corrected chi connectivity index (χ3v) is 7.05. The summed E-state index contributed by atoms with van der Waals surface area (Å²) in [6.07, 6.45) is 1.71. The van der Waals surface area contributed by atoms with Gasteiger partial charge in [0.1, 0.15) is 5.82 Å². The molecule has 2 aliphatic heterocycles. The number of anilines is 2. The Balaban J connectivity index is 1.39. The topological polar surface area (TPSA) is 78.9 Å². The molecule has 4 rings (SSSR count). The Bertz CT molecular complexity index is 944. The molecule has 0 unspecified atom stereocenters. The molecule has 3 heterocycles. The van der Waals surface area contributed by atoms with Gasteiger partial charge in [0.15, 0.2) is 5.82 Å². The fraction of sp³-hybridized carbons (Fsp3) is 0.474. The van der Waals surface area contributed by atoms with E-state index in [1.54, 1.807) is 12.3 Å². The average molecular weight is 421 g/mol. The SMILES string of the molecule is O=S(=O)(Cc1cccc(F)c1)N1CCN(c2cnnc(N3CCOCC3)c2)CC1. The summed E-state index contributed by atoms with van der Waals surface area (Å²) in [5.41, 5.74) is 1.39. The first-order chi connectivity index (χ1) is 14.0. The van der Waals surface area contributed by atoms with Crippen LogP contribution in [0.1, 0.15) is 5.56 Å². The molecule has 156 valence electrons. The van der Waals surface area contributed by atoms with Crippen molar-refractivity contribution in [2.75, 3.05) is 62.3 Å². The summed E-state index contributed by atoms with van der Waals surface area (Å²) in [5.74, 6) is 0.193. The van der Waals surface area contributed by atoms with Gasteiger partial charge in [-0.25, -0.2) is 12.8 Å². The highest BCUT2D eigenvalue weighted by Gasteiger charge is 2.28. The maximum atomic E-state index is 13.4. The molecule has 0 atom stereocenters. The van der Waals surface area contributed by atoms with E-state index >= 15 is 0 Å². The standard InChI is InChI=1S/C19H24FN5O3S/c20-17-3-1-2-16(12-17)15-29(26,27)25-6-4-23(5-7-25)18-13-19(22-21-14-18)24-8-10-28-11-9-24/h1-3,12-14H,4-11,15H2. The van der Waals surface area contributed by atoms with Crippen molar-refractivity contribution in [2.24, 2.45) is 0 Å². The van der Waals surface area contributed by atoms with Crippen LogP contribution in [-0.4, -0.2) is 75.4 Å². The summed E-state index contributed by atoms with van der Waals surface area (Å²) in [5, 5.41) is 8.35. The number of halogens is 1. The molecule has 0 radical (unpaired) electrons. The molecule has 2 fully saturated rings. The van der Waals surface area contributed by atoms with E-state index in [4.69, 9.17) is 4.74 Å². The van der Waals surface area contributed by atoms with Crippen LogP contribution in [0.3, 0.4) is 0 Å². The maximum Gasteiger partial charge on any atom is 0.218 e. The number of hydrogen-bond donors (Lipinski definition) is 0. The van der Waals surface area contributed by atoms with Gasteiger partial charge in [-0.05, 0) is 17.7 Å². The third kappa shape index (κ3) is 4.82. The summed E-state index contributed by atoms with van der Waals surface area (Å²) >= 11 is 0. The lowest BCUT2D eigenvalue weighted by atomic mass is 10.2. The zero-order valence-corrected chi connectivity index (χ0v) is 16.9. The van der Waals surface area contributed by atoms with Gasteiger partial charge in [-0.3, -0.25) is 0 Å². The number of rotatable bonds is 5. The minimum Gasteiger partial charge on any atom is -0.378 e. The van der Waals surface area contributed by atoms with E-state index in [1.165, 1.54) is 22.5 Å². The summed E-state index contributed by atoms with van der Waals surface area (Å²) < 4.78 is 45.6. The molecule has 0 bridgehead atoms. The number of benzene rings is 1. The smallest absolute Gasteiger partial charge is 0.218 e. The Morgan fingerprint density at radius 1 is 1.00 bits per heavy atom. The Morgan fingerprint density at radius 3 is 2.48 bits per heavy atom. The number of morpholine rings is 1. The van der Waals surface area contributed by atoms with Crippen molar-refractivity contribution in [3.05, 3.63) is 47.9 Å². The molecule has 1 aromatic carbocycles. The van der Waals surface area contributed by atoms with Crippen LogP contribution in [0.15, 0.2) is 36.5 Å². The highest BCUT2D eigenvalue weighted by Crippen LogP contribution is 2.22. The van der Waals surface area contributed by atoms with E-state index in [0.29, 0.717) is 45.0 Å². The lowest BCUT2D eigenvalue weighted by Gasteiger charge is -2.35. The molecule has 2 saturated heterocycles. The van der Waals surface area contributed by atoms with Gasteiger partial charge in [0.2, 0.25) is 10.0 Å². The number of aromatic nitrogens is 2. The van der Waals surface area contributed by atoms with Crippen molar-refractivity contribution in [1.82, 2.24) is 14.5 Å². The first kappa shape index (κ1) is 20.0. The van der Waals surface area contributed by atoms with E-state index < -0.39 is 15.8 Å². The molecule has 0 N–H and O–H groups in total. The highest BCUT2D eigenvalue weighted by atomic mass is 32.2. The van der Waals surface area contributed by atoms with Crippen LogP contribution < -0.4 is 9.80 Å². The molecule has 8 nitrogen and oxygen atoms in total. The minimum absolute atomic E-state index is 0.192. The van der Waals surface area contributed by atoms with Gasteiger partial charge < -0.3 is 14.5 Å². The van der Waals surface area contributed by atoms with Gasteiger partial charge in [0.05, 0.1) is 30.9 Å². The third-order valence-electron chi connectivity index (χ3n) is 5.20. The molecular weight excluding hydrogens is 397 g/mol. The Hall–Kier alpha value is -2.30. The van der Waals surface area contributed by atoms with Crippen LogP contribution in [0.4, 0.5) is 15.9 Å². The maximum absolute atomic E-state index is 13.4. The minimum atomic E-state index is -3.49. The fourth-order valence-corrected chi connectivity index (χ4v) is 5.12. The van der Waals surface area contributed by atoms with Crippen LogP contribution in [0.2, 0.25) is 0 Å². The van der Waals surface area contributed by atoms with Crippen molar-refractivity contribution < 1.29 is 17.5 Å². The van der Waals surface area contributed by atoms with Gasteiger partial charge in [0, 0.05) is 45.3 Å². The fourth-order valence-electron chi connectivity index (χ4n) is 3.62. The van der Waals surface area contributed by atoms with Gasteiger partial charge in [-0.15, -0.1) is 5.10 Å². The predicted molar refractivity (Wildman–Crippen MR) is 108 cm³/mol. The molecule has 2 aliphatic rings. The zero-order chi connectivity index (χ0) is 20.3. The van der Waals surface area contributed by atoms with Crippen LogP contribution >= 0.6 is 0 Å². The molecule has 10 heteroatoms. The quantitative estimate of drug-likeness (QED) is 0.715. The molecule has 0 spiro atoms. The molecule has 0 aliphatic carbocycles. The van der Waals surface area contributed by atoms with E-state index in [2.05, 4.69) is 20.0 Å². The monoisotopic (exact) mass is 421 g/mol. The lowest BCUT2D eigenvalue weighted by Crippen LogP contribution is -2.49. The Kier molecular flexibility index (Phi) is 5.93. The van der Waals surface area contributed by atoms with Gasteiger partial charge in [0.25, 0.3) is 0 Å². The number of piperazine rings is 1. The van der Waals surface area contributed by atoms with Gasteiger partial charge in [-0.1, -0.05) is 12.1 Å². The Morgan fingerprint density at radius 2 is 1.76 bits per heavy atom. The van der Waals surface area contributed by atoms with E-state index in [1.807, 2.05) is 6.07 Å². The first-order valence-electron chi connectivity index (χ1n) is 9.64. The molecule has 1 aromatic heterocycles. The first-order valence-corrected chi connectivity index (χ1v) is 11.2. The molecular formula is C19H24FN5O3S. The van der Waals surface area contributed by atoms with E-state index in [9.17, 15) is 12.8 Å². The molecule has 0 amide bonds. The van der Waals surface area contributed by atoms with Crippen LogP contribution in [0.5, 0.6) is 0 Å².